The molecule has 1 heterocycles. The number of imide groups is 1. The maximum atomic E-state index is 12.9. The molecule has 36 heavy (non-hydrogen) atoms. The number of benzene rings is 3. The summed E-state index contributed by atoms with van der Waals surface area (Å²) in [5.41, 5.74) is 1.96. The van der Waals surface area contributed by atoms with Crippen molar-refractivity contribution in [3.8, 4) is 0 Å². The Labute approximate surface area is 216 Å². The molecule has 0 saturated heterocycles. The van der Waals surface area contributed by atoms with E-state index in [-0.39, 0.29) is 23.2 Å². The first kappa shape index (κ1) is 25.0. The van der Waals surface area contributed by atoms with Gasteiger partial charge in [0.2, 0.25) is 0 Å². The summed E-state index contributed by atoms with van der Waals surface area (Å²) >= 11 is 12.0. The van der Waals surface area contributed by atoms with E-state index in [0.717, 1.165) is 4.90 Å². The van der Waals surface area contributed by atoms with Gasteiger partial charge in [-0.15, -0.1) is 0 Å². The van der Waals surface area contributed by atoms with Gasteiger partial charge in [-0.1, -0.05) is 23.2 Å². The predicted octanol–water partition coefficient (Wildman–Crippen LogP) is 5.20. The predicted molar refractivity (Wildman–Crippen MR) is 137 cm³/mol. The highest BCUT2D eigenvalue weighted by molar-refractivity contribution is 6.53. The van der Waals surface area contributed by atoms with Crippen LogP contribution in [0.15, 0.2) is 83.5 Å². The summed E-state index contributed by atoms with van der Waals surface area (Å²) in [7, 11) is 0. The van der Waals surface area contributed by atoms with E-state index in [0.29, 0.717) is 33.2 Å². The van der Waals surface area contributed by atoms with Crippen molar-refractivity contribution in [2.75, 3.05) is 22.1 Å². The highest BCUT2D eigenvalue weighted by Crippen LogP contribution is 2.30. The summed E-state index contributed by atoms with van der Waals surface area (Å²) < 4.78 is 4.94. The second kappa shape index (κ2) is 10.6. The molecule has 3 amide bonds. The van der Waals surface area contributed by atoms with Crippen LogP contribution in [-0.4, -0.2) is 30.3 Å². The van der Waals surface area contributed by atoms with Gasteiger partial charge in [0, 0.05) is 22.0 Å². The van der Waals surface area contributed by atoms with Gasteiger partial charge in [0.25, 0.3) is 17.7 Å². The lowest BCUT2D eigenvalue weighted by Gasteiger charge is -2.15. The number of halogens is 2. The first-order valence-corrected chi connectivity index (χ1v) is 11.5. The molecule has 0 atom stereocenters. The van der Waals surface area contributed by atoms with E-state index in [1.807, 2.05) is 0 Å². The van der Waals surface area contributed by atoms with Crippen LogP contribution in [0.5, 0.6) is 0 Å². The van der Waals surface area contributed by atoms with Gasteiger partial charge in [-0.05, 0) is 79.7 Å². The Hall–Kier alpha value is -4.14. The molecule has 8 nitrogen and oxygen atoms in total. The average Bonchev–Trinajstić information content (AvgIpc) is 3.08. The first-order chi connectivity index (χ1) is 17.3. The van der Waals surface area contributed by atoms with E-state index in [9.17, 15) is 19.2 Å². The zero-order valence-electron chi connectivity index (χ0n) is 18.9. The molecule has 1 aliphatic rings. The van der Waals surface area contributed by atoms with Crippen molar-refractivity contribution in [3.05, 3.63) is 99.7 Å². The molecule has 0 aliphatic carbocycles. The molecule has 10 heteroatoms. The Balaban J connectivity index is 1.42. The molecule has 0 bridgehead atoms. The zero-order chi connectivity index (χ0) is 25.8. The highest BCUT2D eigenvalue weighted by atomic mass is 35.5. The summed E-state index contributed by atoms with van der Waals surface area (Å²) in [5, 5.41) is 5.82. The molecular weight excluding hydrogens is 505 g/mol. The number of nitrogens with one attached hydrogen (secondary N) is 2. The fourth-order valence-corrected chi connectivity index (χ4v) is 3.73. The molecule has 0 unspecified atom stereocenters. The number of hydrogen-bond acceptors (Lipinski definition) is 6. The van der Waals surface area contributed by atoms with Gasteiger partial charge in [-0.25, -0.2) is 9.69 Å². The number of hydrogen-bond donors (Lipinski definition) is 2. The van der Waals surface area contributed by atoms with E-state index >= 15 is 0 Å². The number of esters is 1. The lowest BCUT2D eigenvalue weighted by atomic mass is 10.1. The molecule has 0 fully saturated rings. The van der Waals surface area contributed by atoms with Crippen LogP contribution in [0, 0.1) is 0 Å². The van der Waals surface area contributed by atoms with Crippen LogP contribution >= 0.6 is 23.2 Å². The minimum atomic E-state index is -0.656. The quantitative estimate of drug-likeness (QED) is 0.325. The Bertz CT molecular complexity index is 1370. The third-order valence-corrected chi connectivity index (χ3v) is 5.79. The van der Waals surface area contributed by atoms with Crippen molar-refractivity contribution in [1.29, 1.82) is 0 Å². The molecule has 2 N–H and O–H groups in total. The number of nitrogens with zero attached hydrogens (tertiary/aromatic N) is 1. The van der Waals surface area contributed by atoms with Crippen LogP contribution in [0.3, 0.4) is 0 Å². The van der Waals surface area contributed by atoms with Crippen molar-refractivity contribution < 1.29 is 23.9 Å². The molecule has 0 spiro atoms. The van der Waals surface area contributed by atoms with Crippen LogP contribution in [0.4, 0.5) is 17.1 Å². The van der Waals surface area contributed by atoms with Crippen LogP contribution < -0.4 is 15.5 Å². The Morgan fingerprint density at radius 2 is 1.39 bits per heavy atom. The number of anilines is 3. The van der Waals surface area contributed by atoms with E-state index < -0.39 is 17.8 Å². The van der Waals surface area contributed by atoms with Crippen molar-refractivity contribution in [2.45, 2.75) is 6.92 Å². The van der Waals surface area contributed by atoms with Crippen LogP contribution in [0.1, 0.15) is 27.6 Å². The van der Waals surface area contributed by atoms with Gasteiger partial charge < -0.3 is 15.4 Å². The van der Waals surface area contributed by atoms with Crippen LogP contribution in [0.25, 0.3) is 0 Å². The number of carbonyl (C=O) groups excluding carboxylic acids is 4. The lowest BCUT2D eigenvalue weighted by molar-refractivity contribution is -0.120. The minimum Gasteiger partial charge on any atom is -0.462 e. The van der Waals surface area contributed by atoms with E-state index in [1.54, 1.807) is 79.7 Å². The van der Waals surface area contributed by atoms with Gasteiger partial charge in [0.1, 0.15) is 10.7 Å². The minimum absolute atomic E-state index is 0.0736. The molecule has 1 aliphatic heterocycles. The number of rotatable bonds is 7. The van der Waals surface area contributed by atoms with Gasteiger partial charge in [0.05, 0.1) is 17.9 Å². The summed E-state index contributed by atoms with van der Waals surface area (Å²) in [5.74, 6) is -2.08. The fraction of sp³-hybridized carbons (Fsp3) is 0.0769. The summed E-state index contributed by atoms with van der Waals surface area (Å²) in [4.78, 5) is 50.7. The number of carbonyl (C=O) groups is 4. The molecule has 0 radical (unpaired) electrons. The summed E-state index contributed by atoms with van der Waals surface area (Å²) in [6.07, 6.45) is 0. The Morgan fingerprint density at radius 1 is 0.806 bits per heavy atom. The Kier molecular flexibility index (Phi) is 7.38. The SMILES string of the molecule is CCOC(=O)c1ccc(NC(=O)c2ccc(NC3=C(Cl)C(=O)N(c4ccc(Cl)cc4)C3=O)cc2)cc1. The fourth-order valence-electron chi connectivity index (χ4n) is 3.39. The summed E-state index contributed by atoms with van der Waals surface area (Å²) in [6.45, 7) is 2.00. The van der Waals surface area contributed by atoms with Gasteiger partial charge >= 0.3 is 5.97 Å². The van der Waals surface area contributed by atoms with Gasteiger partial charge in [-0.2, -0.15) is 0 Å². The smallest absolute Gasteiger partial charge is 0.338 e. The third-order valence-electron chi connectivity index (χ3n) is 5.18. The largest absolute Gasteiger partial charge is 0.462 e. The van der Waals surface area contributed by atoms with Crippen LogP contribution in [-0.2, 0) is 14.3 Å². The standard InChI is InChI=1S/C26H19Cl2N3O5/c1-2-36-26(35)16-5-11-19(12-6-16)30-23(32)15-3-9-18(10-4-15)29-22-21(28)24(33)31(25(22)34)20-13-7-17(27)8-14-20/h3-14,29H,2H2,1H3,(H,30,32). The zero-order valence-corrected chi connectivity index (χ0v) is 20.4. The maximum absolute atomic E-state index is 12.9. The number of amides is 3. The van der Waals surface area contributed by atoms with Gasteiger partial charge in [0.15, 0.2) is 0 Å². The third kappa shape index (κ3) is 5.25. The highest BCUT2D eigenvalue weighted by Gasteiger charge is 2.38. The first-order valence-electron chi connectivity index (χ1n) is 10.8. The molecule has 4 rings (SSSR count). The monoisotopic (exact) mass is 523 g/mol. The van der Waals surface area contributed by atoms with E-state index in [4.69, 9.17) is 27.9 Å². The van der Waals surface area contributed by atoms with E-state index in [1.165, 1.54) is 0 Å². The normalized spacial score (nSPS) is 13.1. The molecule has 0 saturated carbocycles. The van der Waals surface area contributed by atoms with E-state index in [2.05, 4.69) is 10.6 Å². The topological polar surface area (TPSA) is 105 Å². The van der Waals surface area contributed by atoms with Crippen LogP contribution in [0.2, 0.25) is 5.02 Å². The van der Waals surface area contributed by atoms with Gasteiger partial charge in [-0.3, -0.25) is 14.4 Å². The summed E-state index contributed by atoms with van der Waals surface area (Å²) in [6, 6.07) is 18.8. The molecule has 3 aromatic rings. The molecular formula is C26H19Cl2N3O5. The van der Waals surface area contributed by atoms with Crippen molar-refractivity contribution in [1.82, 2.24) is 0 Å². The lowest BCUT2D eigenvalue weighted by Crippen LogP contribution is -2.32. The molecule has 3 aromatic carbocycles. The maximum Gasteiger partial charge on any atom is 0.338 e. The average molecular weight is 524 g/mol. The van der Waals surface area contributed by atoms with Crippen molar-refractivity contribution in [3.63, 3.8) is 0 Å². The van der Waals surface area contributed by atoms with Crippen molar-refractivity contribution in [2.24, 2.45) is 0 Å². The second-order valence-corrected chi connectivity index (χ2v) is 8.38. The molecule has 182 valence electrons. The Morgan fingerprint density at radius 3 is 2.00 bits per heavy atom. The van der Waals surface area contributed by atoms with Crippen molar-refractivity contribution >= 4 is 64.0 Å². The second-order valence-electron chi connectivity index (χ2n) is 7.57. The number of ether oxygens (including phenoxy) is 1. The molecule has 0 aromatic heterocycles.